The first-order valence-corrected chi connectivity index (χ1v) is 11.7. The molecule has 174 valence electrons. The molecule has 7 nitrogen and oxygen atoms in total. The minimum atomic E-state index is -0.402. The number of carbonyl (C=O) groups excluding carboxylic acids is 3. The predicted octanol–water partition coefficient (Wildman–Crippen LogP) is 2.20. The number of nitrogens with one attached hydrogen (secondary N) is 1. The minimum Gasteiger partial charge on any atom is -0.368 e. The lowest BCUT2D eigenvalue weighted by Crippen LogP contribution is -2.51. The molecule has 8 heteroatoms. The Hall–Kier alpha value is -3.06. The first-order chi connectivity index (χ1) is 16.0. The van der Waals surface area contributed by atoms with Gasteiger partial charge in [-0.1, -0.05) is 48.0 Å². The Bertz CT molecular complexity index is 992. The van der Waals surface area contributed by atoms with Crippen molar-refractivity contribution in [2.45, 2.75) is 12.8 Å². The fourth-order valence-electron chi connectivity index (χ4n) is 4.38. The molecular formula is C25H29ClN4O3. The minimum absolute atomic E-state index is 0.00505. The Labute approximate surface area is 199 Å². The average Bonchev–Trinajstić information content (AvgIpc) is 3.22. The average molecular weight is 469 g/mol. The van der Waals surface area contributed by atoms with Gasteiger partial charge in [0.25, 0.3) is 0 Å². The number of nitrogens with zero attached hydrogens (tertiary/aromatic N) is 3. The van der Waals surface area contributed by atoms with E-state index in [2.05, 4.69) is 10.2 Å². The van der Waals surface area contributed by atoms with E-state index in [1.165, 1.54) is 5.56 Å². The zero-order valence-corrected chi connectivity index (χ0v) is 19.3. The summed E-state index contributed by atoms with van der Waals surface area (Å²) in [6.45, 7) is 3.59. The third kappa shape index (κ3) is 6.05. The maximum Gasteiger partial charge on any atom is 0.242 e. The van der Waals surface area contributed by atoms with Gasteiger partial charge in [-0.05, 0) is 30.2 Å². The number of piperazine rings is 1. The zero-order chi connectivity index (χ0) is 23.2. The van der Waals surface area contributed by atoms with Gasteiger partial charge in [-0.2, -0.15) is 0 Å². The Morgan fingerprint density at radius 3 is 2.48 bits per heavy atom. The van der Waals surface area contributed by atoms with E-state index in [1.807, 2.05) is 54.6 Å². The number of likely N-dealkylation sites (tertiary alicyclic amines) is 1. The van der Waals surface area contributed by atoms with Crippen LogP contribution >= 0.6 is 11.6 Å². The van der Waals surface area contributed by atoms with Gasteiger partial charge in [0.2, 0.25) is 17.7 Å². The molecule has 0 spiro atoms. The second-order valence-electron chi connectivity index (χ2n) is 8.54. The summed E-state index contributed by atoms with van der Waals surface area (Å²) in [6.07, 6.45) is 0.966. The number of hydrogen-bond acceptors (Lipinski definition) is 4. The molecule has 2 aromatic carbocycles. The van der Waals surface area contributed by atoms with Gasteiger partial charge >= 0.3 is 0 Å². The smallest absolute Gasteiger partial charge is 0.242 e. The van der Waals surface area contributed by atoms with Crippen molar-refractivity contribution in [2.75, 3.05) is 50.7 Å². The molecule has 0 saturated carbocycles. The molecular weight excluding hydrogens is 440 g/mol. The third-order valence-corrected chi connectivity index (χ3v) is 6.55. The molecule has 1 N–H and O–H groups in total. The van der Waals surface area contributed by atoms with Crippen molar-refractivity contribution in [3.05, 3.63) is 65.2 Å². The summed E-state index contributed by atoms with van der Waals surface area (Å²) in [4.78, 5) is 43.2. The summed E-state index contributed by atoms with van der Waals surface area (Å²) in [5, 5.41) is 3.44. The van der Waals surface area contributed by atoms with E-state index in [0.717, 1.165) is 12.1 Å². The summed E-state index contributed by atoms with van der Waals surface area (Å²) < 4.78 is 0. The van der Waals surface area contributed by atoms with Crippen LogP contribution in [0.25, 0.3) is 0 Å². The van der Waals surface area contributed by atoms with Crippen LogP contribution < -0.4 is 10.2 Å². The number of hydrogen-bond donors (Lipinski definition) is 1. The van der Waals surface area contributed by atoms with Crippen molar-refractivity contribution in [3.63, 3.8) is 0 Å². The molecule has 2 fully saturated rings. The van der Waals surface area contributed by atoms with Gasteiger partial charge in [0.15, 0.2) is 0 Å². The first kappa shape index (κ1) is 23.1. The van der Waals surface area contributed by atoms with Crippen LogP contribution in [0.1, 0.15) is 12.0 Å². The van der Waals surface area contributed by atoms with Crippen molar-refractivity contribution in [1.29, 1.82) is 0 Å². The van der Waals surface area contributed by atoms with Crippen LogP contribution in [-0.4, -0.2) is 73.3 Å². The summed E-state index contributed by atoms with van der Waals surface area (Å²) in [7, 11) is 0. The molecule has 3 amide bonds. The van der Waals surface area contributed by atoms with Crippen molar-refractivity contribution < 1.29 is 14.4 Å². The summed E-state index contributed by atoms with van der Waals surface area (Å²) >= 11 is 6.08. The molecule has 0 radical (unpaired) electrons. The second-order valence-corrected chi connectivity index (χ2v) is 8.98. The van der Waals surface area contributed by atoms with E-state index < -0.39 is 5.92 Å². The van der Waals surface area contributed by atoms with Gasteiger partial charge in [0.05, 0.1) is 12.5 Å². The van der Waals surface area contributed by atoms with Crippen molar-refractivity contribution >= 4 is 35.0 Å². The van der Waals surface area contributed by atoms with E-state index in [9.17, 15) is 14.4 Å². The monoisotopic (exact) mass is 468 g/mol. The van der Waals surface area contributed by atoms with Crippen LogP contribution in [0.2, 0.25) is 5.02 Å². The van der Waals surface area contributed by atoms with Crippen LogP contribution in [0.5, 0.6) is 0 Å². The first-order valence-electron chi connectivity index (χ1n) is 11.4. The van der Waals surface area contributed by atoms with E-state index in [1.54, 1.807) is 9.80 Å². The highest BCUT2D eigenvalue weighted by atomic mass is 35.5. The van der Waals surface area contributed by atoms with Gasteiger partial charge < -0.3 is 20.0 Å². The summed E-state index contributed by atoms with van der Waals surface area (Å²) in [6, 6.07) is 17.7. The number of halogens is 1. The lowest BCUT2D eigenvalue weighted by Gasteiger charge is -2.36. The quantitative estimate of drug-likeness (QED) is 0.676. The summed E-state index contributed by atoms with van der Waals surface area (Å²) in [5.41, 5.74) is 2.21. The number of benzene rings is 2. The van der Waals surface area contributed by atoms with Crippen LogP contribution in [-0.2, 0) is 20.8 Å². The standard InChI is InChI=1S/C25H29ClN4O3/c26-21-7-4-8-22(16-21)28-11-13-29(14-12-28)24(32)17-27-25(33)20-15-23(31)30(18-20)10-9-19-5-2-1-3-6-19/h1-8,16,20H,9-15,17-18H2,(H,27,33)/t20-/m0/s1. The molecule has 2 saturated heterocycles. The highest BCUT2D eigenvalue weighted by molar-refractivity contribution is 6.30. The van der Waals surface area contributed by atoms with Crippen LogP contribution in [0.3, 0.4) is 0 Å². The zero-order valence-electron chi connectivity index (χ0n) is 18.6. The molecule has 2 aromatic rings. The highest BCUT2D eigenvalue weighted by Gasteiger charge is 2.34. The summed E-state index contributed by atoms with van der Waals surface area (Å²) in [5.74, 6) is -0.730. The van der Waals surface area contributed by atoms with E-state index in [-0.39, 0.29) is 30.7 Å². The van der Waals surface area contributed by atoms with Gasteiger partial charge in [0.1, 0.15) is 0 Å². The maximum absolute atomic E-state index is 12.6. The molecule has 0 bridgehead atoms. The van der Waals surface area contributed by atoms with Crippen molar-refractivity contribution in [1.82, 2.24) is 15.1 Å². The lowest BCUT2D eigenvalue weighted by atomic mass is 10.1. The largest absolute Gasteiger partial charge is 0.368 e. The Balaban J connectivity index is 1.19. The fraction of sp³-hybridized carbons (Fsp3) is 0.400. The molecule has 2 heterocycles. The van der Waals surface area contributed by atoms with E-state index in [0.29, 0.717) is 44.3 Å². The fourth-order valence-corrected chi connectivity index (χ4v) is 4.56. The van der Waals surface area contributed by atoms with Gasteiger partial charge in [0, 0.05) is 56.4 Å². The molecule has 2 aliphatic rings. The predicted molar refractivity (Wildman–Crippen MR) is 128 cm³/mol. The van der Waals surface area contributed by atoms with Crippen LogP contribution in [0, 0.1) is 5.92 Å². The SMILES string of the molecule is O=C(NCC(=O)N1CCN(c2cccc(Cl)c2)CC1)[C@H]1CC(=O)N(CCc2ccccc2)C1. The molecule has 0 unspecified atom stereocenters. The number of amides is 3. The molecule has 0 aliphatic carbocycles. The van der Waals surface area contributed by atoms with Crippen LogP contribution in [0.4, 0.5) is 5.69 Å². The van der Waals surface area contributed by atoms with E-state index >= 15 is 0 Å². The van der Waals surface area contributed by atoms with Gasteiger partial charge in [-0.3, -0.25) is 14.4 Å². The number of rotatable bonds is 7. The van der Waals surface area contributed by atoms with Gasteiger partial charge in [-0.15, -0.1) is 0 Å². The molecule has 1 atom stereocenters. The molecule has 4 rings (SSSR count). The van der Waals surface area contributed by atoms with Crippen molar-refractivity contribution in [3.8, 4) is 0 Å². The lowest BCUT2D eigenvalue weighted by molar-refractivity contribution is -0.134. The van der Waals surface area contributed by atoms with Crippen LogP contribution in [0.15, 0.2) is 54.6 Å². The topological polar surface area (TPSA) is 73.0 Å². The number of anilines is 1. The Morgan fingerprint density at radius 2 is 1.76 bits per heavy atom. The Kier molecular flexibility index (Phi) is 7.50. The Morgan fingerprint density at radius 1 is 1.00 bits per heavy atom. The normalized spacial score (nSPS) is 18.5. The van der Waals surface area contributed by atoms with Crippen molar-refractivity contribution in [2.24, 2.45) is 5.92 Å². The third-order valence-electron chi connectivity index (χ3n) is 6.32. The molecule has 2 aliphatic heterocycles. The highest BCUT2D eigenvalue weighted by Crippen LogP contribution is 2.21. The maximum atomic E-state index is 12.6. The van der Waals surface area contributed by atoms with Gasteiger partial charge in [-0.25, -0.2) is 0 Å². The second kappa shape index (κ2) is 10.7. The molecule has 0 aromatic heterocycles. The number of carbonyl (C=O) groups is 3. The van der Waals surface area contributed by atoms with E-state index in [4.69, 9.17) is 11.6 Å². The molecule has 33 heavy (non-hydrogen) atoms.